The Bertz CT molecular complexity index is 1220. The Hall–Kier alpha value is -3.43. The summed E-state index contributed by atoms with van der Waals surface area (Å²) in [7, 11) is 3.32. The molecular formula is C34H44N2O6. The molecule has 1 fully saturated rings. The molecule has 2 atom stereocenters. The van der Waals surface area contributed by atoms with E-state index in [1.807, 2.05) is 60.7 Å². The van der Waals surface area contributed by atoms with Crippen LogP contribution in [0.1, 0.15) is 48.3 Å². The molecule has 0 spiro atoms. The SMILES string of the molecule is COCCCC(=O)Nc1ccccc1CO[C@H]1CNCC[C@@H]1c1ccc(OCCCOCc2ccccc2OC)cc1. The lowest BCUT2D eigenvalue weighted by atomic mass is 9.87. The molecule has 1 saturated heterocycles. The number of hydrogen-bond acceptors (Lipinski definition) is 7. The molecule has 0 radical (unpaired) electrons. The lowest BCUT2D eigenvalue weighted by molar-refractivity contribution is -0.116. The van der Waals surface area contributed by atoms with Crippen molar-refractivity contribution >= 4 is 11.6 Å². The first-order chi connectivity index (χ1) is 20.7. The van der Waals surface area contributed by atoms with E-state index in [0.717, 1.165) is 54.2 Å². The number of anilines is 1. The summed E-state index contributed by atoms with van der Waals surface area (Å²) in [5, 5.41) is 6.50. The van der Waals surface area contributed by atoms with Gasteiger partial charge in [0.25, 0.3) is 0 Å². The fraction of sp³-hybridized carbons (Fsp3) is 0.441. The zero-order chi connectivity index (χ0) is 29.4. The molecule has 3 aromatic rings. The highest BCUT2D eigenvalue weighted by Gasteiger charge is 2.27. The standard InChI is InChI=1S/C34H44N2O6/c1-38-20-7-13-34(37)36-31-11-5-3-9-27(31)25-42-33-23-35-19-18-30(33)26-14-16-29(17-15-26)41-22-8-21-40-24-28-10-4-6-12-32(28)39-2/h3-6,9-12,14-17,30,33,35H,7-8,13,18-25H2,1-2H3,(H,36,37)/t30-,33+/m1/s1. The number of benzene rings is 3. The Morgan fingerprint density at radius 2 is 1.67 bits per heavy atom. The summed E-state index contributed by atoms with van der Waals surface area (Å²) in [4.78, 5) is 12.4. The van der Waals surface area contributed by atoms with Crippen LogP contribution in [0.4, 0.5) is 5.69 Å². The summed E-state index contributed by atoms with van der Waals surface area (Å²) < 4.78 is 28.6. The third-order valence-corrected chi connectivity index (χ3v) is 7.38. The van der Waals surface area contributed by atoms with Crippen LogP contribution in [0.2, 0.25) is 0 Å². The number of hydrogen-bond donors (Lipinski definition) is 2. The molecule has 0 bridgehead atoms. The molecule has 1 heterocycles. The first-order valence-electron chi connectivity index (χ1n) is 14.8. The summed E-state index contributed by atoms with van der Waals surface area (Å²) in [6, 6.07) is 24.1. The van der Waals surface area contributed by atoms with Crippen molar-refractivity contribution in [2.24, 2.45) is 0 Å². The predicted octanol–water partition coefficient (Wildman–Crippen LogP) is 5.71. The van der Waals surface area contributed by atoms with Gasteiger partial charge in [-0.05, 0) is 49.2 Å². The van der Waals surface area contributed by atoms with Gasteiger partial charge < -0.3 is 34.3 Å². The molecule has 1 aliphatic heterocycles. The van der Waals surface area contributed by atoms with Crippen molar-refractivity contribution < 1.29 is 28.5 Å². The number of nitrogens with one attached hydrogen (secondary N) is 2. The van der Waals surface area contributed by atoms with Gasteiger partial charge in [0.05, 0.1) is 39.6 Å². The van der Waals surface area contributed by atoms with Gasteiger partial charge in [0, 0.05) is 55.8 Å². The summed E-state index contributed by atoms with van der Waals surface area (Å²) in [6.07, 6.45) is 2.94. The molecule has 4 rings (SSSR count). The summed E-state index contributed by atoms with van der Waals surface area (Å²) >= 11 is 0. The van der Waals surface area contributed by atoms with Crippen molar-refractivity contribution in [2.45, 2.75) is 50.9 Å². The van der Waals surface area contributed by atoms with E-state index in [0.29, 0.717) is 45.9 Å². The minimum atomic E-state index is -0.0144. The van der Waals surface area contributed by atoms with Crippen molar-refractivity contribution in [1.82, 2.24) is 5.32 Å². The van der Waals surface area contributed by atoms with E-state index in [1.54, 1.807) is 14.2 Å². The second kappa shape index (κ2) is 17.5. The molecule has 1 aliphatic rings. The van der Waals surface area contributed by atoms with Crippen LogP contribution in [0, 0.1) is 0 Å². The minimum absolute atomic E-state index is 0.0144. The summed E-state index contributed by atoms with van der Waals surface area (Å²) in [6.45, 7) is 4.46. The highest BCUT2D eigenvalue weighted by Crippen LogP contribution is 2.30. The molecule has 8 heteroatoms. The fourth-order valence-corrected chi connectivity index (χ4v) is 5.11. The minimum Gasteiger partial charge on any atom is -0.496 e. The number of carbonyl (C=O) groups is 1. The van der Waals surface area contributed by atoms with Gasteiger partial charge in [-0.25, -0.2) is 0 Å². The molecule has 0 unspecified atom stereocenters. The van der Waals surface area contributed by atoms with Crippen LogP contribution < -0.4 is 20.1 Å². The van der Waals surface area contributed by atoms with E-state index < -0.39 is 0 Å². The quantitative estimate of drug-likeness (QED) is 0.199. The molecule has 1 amide bonds. The maximum absolute atomic E-state index is 12.4. The molecule has 3 aromatic carbocycles. The number of para-hydroxylation sites is 2. The average Bonchev–Trinajstić information content (AvgIpc) is 3.03. The molecule has 0 aliphatic carbocycles. The third-order valence-electron chi connectivity index (χ3n) is 7.38. The largest absolute Gasteiger partial charge is 0.496 e. The Morgan fingerprint density at radius 1 is 0.881 bits per heavy atom. The lowest BCUT2D eigenvalue weighted by Crippen LogP contribution is -2.41. The van der Waals surface area contributed by atoms with Crippen molar-refractivity contribution in [2.75, 3.05) is 52.4 Å². The Morgan fingerprint density at radius 3 is 2.48 bits per heavy atom. The molecular weight excluding hydrogens is 532 g/mol. The number of ether oxygens (including phenoxy) is 5. The average molecular weight is 577 g/mol. The zero-order valence-corrected chi connectivity index (χ0v) is 24.8. The molecule has 42 heavy (non-hydrogen) atoms. The van der Waals surface area contributed by atoms with E-state index in [4.69, 9.17) is 23.7 Å². The zero-order valence-electron chi connectivity index (χ0n) is 24.8. The van der Waals surface area contributed by atoms with Gasteiger partial charge in [-0.2, -0.15) is 0 Å². The number of amides is 1. The van der Waals surface area contributed by atoms with E-state index in [9.17, 15) is 4.79 Å². The summed E-state index contributed by atoms with van der Waals surface area (Å²) in [5.74, 6) is 1.96. The van der Waals surface area contributed by atoms with Gasteiger partial charge in [0.15, 0.2) is 0 Å². The Kier molecular flexibility index (Phi) is 13.1. The molecule has 2 N–H and O–H groups in total. The van der Waals surface area contributed by atoms with Gasteiger partial charge in [-0.3, -0.25) is 4.79 Å². The number of carbonyl (C=O) groups excluding carboxylic acids is 1. The normalized spacial score (nSPS) is 16.6. The van der Waals surface area contributed by atoms with Crippen LogP contribution in [0.25, 0.3) is 0 Å². The van der Waals surface area contributed by atoms with Gasteiger partial charge in [0.2, 0.25) is 5.91 Å². The number of methoxy groups -OCH3 is 2. The lowest BCUT2D eigenvalue weighted by Gasteiger charge is -2.33. The van der Waals surface area contributed by atoms with Crippen LogP contribution in [-0.2, 0) is 32.2 Å². The molecule has 0 saturated carbocycles. The first kappa shape index (κ1) is 31.5. The van der Waals surface area contributed by atoms with Crippen molar-refractivity contribution in [3.63, 3.8) is 0 Å². The second-order valence-corrected chi connectivity index (χ2v) is 10.4. The molecule has 226 valence electrons. The number of rotatable bonds is 17. The van der Waals surface area contributed by atoms with Crippen LogP contribution in [0.3, 0.4) is 0 Å². The van der Waals surface area contributed by atoms with Gasteiger partial charge >= 0.3 is 0 Å². The van der Waals surface area contributed by atoms with E-state index in [2.05, 4.69) is 22.8 Å². The highest BCUT2D eigenvalue weighted by atomic mass is 16.5. The maximum atomic E-state index is 12.4. The van der Waals surface area contributed by atoms with Crippen molar-refractivity contribution in [3.05, 3.63) is 89.5 Å². The topological polar surface area (TPSA) is 87.3 Å². The Balaban J connectivity index is 1.23. The molecule has 0 aromatic heterocycles. The van der Waals surface area contributed by atoms with Crippen LogP contribution in [0.5, 0.6) is 11.5 Å². The smallest absolute Gasteiger partial charge is 0.224 e. The molecule has 8 nitrogen and oxygen atoms in total. The van der Waals surface area contributed by atoms with E-state index >= 15 is 0 Å². The van der Waals surface area contributed by atoms with Crippen LogP contribution >= 0.6 is 0 Å². The van der Waals surface area contributed by atoms with Gasteiger partial charge in [-0.15, -0.1) is 0 Å². The monoisotopic (exact) mass is 576 g/mol. The van der Waals surface area contributed by atoms with Crippen LogP contribution in [0.15, 0.2) is 72.8 Å². The fourth-order valence-electron chi connectivity index (χ4n) is 5.11. The summed E-state index contributed by atoms with van der Waals surface area (Å²) in [5.41, 5.74) is 4.06. The maximum Gasteiger partial charge on any atom is 0.224 e. The second-order valence-electron chi connectivity index (χ2n) is 10.4. The van der Waals surface area contributed by atoms with E-state index in [-0.39, 0.29) is 17.9 Å². The number of piperidine rings is 1. The first-order valence-corrected chi connectivity index (χ1v) is 14.8. The highest BCUT2D eigenvalue weighted by molar-refractivity contribution is 5.91. The predicted molar refractivity (Wildman–Crippen MR) is 164 cm³/mol. The Labute approximate surface area is 249 Å². The van der Waals surface area contributed by atoms with Crippen LogP contribution in [-0.4, -0.2) is 59.1 Å². The third kappa shape index (κ3) is 9.84. The van der Waals surface area contributed by atoms with Gasteiger partial charge in [-0.1, -0.05) is 48.5 Å². The van der Waals surface area contributed by atoms with Crippen molar-refractivity contribution in [1.29, 1.82) is 0 Å². The van der Waals surface area contributed by atoms with E-state index in [1.165, 1.54) is 5.56 Å². The van der Waals surface area contributed by atoms with Gasteiger partial charge in [0.1, 0.15) is 11.5 Å². The van der Waals surface area contributed by atoms with Crippen molar-refractivity contribution in [3.8, 4) is 11.5 Å².